The van der Waals surface area contributed by atoms with Gasteiger partial charge < -0.3 is 21.4 Å². The maximum absolute atomic E-state index is 10.9. The molecule has 0 aromatic rings. The number of hydrogen-bond donors (Lipinski definition) is 0. The van der Waals surface area contributed by atoms with Crippen molar-refractivity contribution in [3.8, 4) is 0 Å². The van der Waals surface area contributed by atoms with E-state index < -0.39 is 0 Å². The van der Waals surface area contributed by atoms with Crippen LogP contribution in [0.1, 0.15) is 87.0 Å². The first-order valence-electron chi connectivity index (χ1n) is 10.8. The zero-order valence-corrected chi connectivity index (χ0v) is 31.9. The molecular formula is C23H41O2S3Y3-3. The van der Waals surface area contributed by atoms with Crippen molar-refractivity contribution in [1.29, 1.82) is 0 Å². The van der Waals surface area contributed by atoms with Gasteiger partial charge in [0.1, 0.15) is 0 Å². The van der Waals surface area contributed by atoms with Crippen LogP contribution in [0.5, 0.6) is 0 Å². The van der Waals surface area contributed by atoms with E-state index in [2.05, 4.69) is 53.3 Å². The van der Waals surface area contributed by atoms with Gasteiger partial charge in [-0.3, -0.25) is 5.92 Å². The van der Waals surface area contributed by atoms with Crippen LogP contribution in [0, 0.1) is 17.8 Å². The predicted octanol–water partition coefficient (Wildman–Crippen LogP) is 7.37. The minimum atomic E-state index is 0. The largest absolute Gasteiger partial charge is 0.403 e. The molecule has 0 aromatic carbocycles. The molecule has 31 heavy (non-hydrogen) atoms. The topological polar surface area (TPSA) is 26.3 Å². The van der Waals surface area contributed by atoms with E-state index in [1.54, 1.807) is 13.0 Å². The average molecular weight is 712 g/mol. The minimum Gasteiger partial charge on any atom is -0.403 e. The molecular weight excluding hydrogens is 671 g/mol. The Morgan fingerprint density at radius 3 is 1.55 bits per heavy atom. The van der Waals surface area contributed by atoms with Crippen molar-refractivity contribution in [3.63, 3.8) is 0 Å². The van der Waals surface area contributed by atoms with Crippen LogP contribution in [0.2, 0.25) is 0 Å². The van der Waals surface area contributed by atoms with E-state index in [9.17, 15) is 4.79 Å². The summed E-state index contributed by atoms with van der Waals surface area (Å²) in [7, 11) is 1.79. The molecule has 0 aliphatic carbocycles. The van der Waals surface area contributed by atoms with E-state index in [0.29, 0.717) is 15.8 Å². The van der Waals surface area contributed by atoms with Gasteiger partial charge in [0.05, 0.1) is 5.12 Å². The third-order valence-electron chi connectivity index (χ3n) is 5.64. The van der Waals surface area contributed by atoms with Crippen LogP contribution in [0.25, 0.3) is 0 Å². The van der Waals surface area contributed by atoms with E-state index in [-0.39, 0.29) is 98.1 Å². The molecule has 175 valence electrons. The van der Waals surface area contributed by atoms with Gasteiger partial charge in [0, 0.05) is 105 Å². The Morgan fingerprint density at radius 1 is 0.839 bits per heavy atom. The van der Waals surface area contributed by atoms with E-state index in [1.165, 1.54) is 43.4 Å². The van der Waals surface area contributed by atoms with Gasteiger partial charge in [0.15, 0.2) is 0 Å². The molecule has 0 aromatic heterocycles. The Hall–Kier alpha value is 3.86. The average Bonchev–Trinajstić information content (AvgIpc) is 3.33. The molecule has 3 aliphatic heterocycles. The predicted molar refractivity (Wildman–Crippen MR) is 131 cm³/mol. The first kappa shape index (κ1) is 39.4. The SMILES string of the molecule is CCC1C[C-](C)C(=O)S1.CCC1C[C-](C)C(C)S1.CCC1C[C-](C)C(OC)S1.[Y].[Y].[Y]. The fourth-order valence-corrected chi connectivity index (χ4v) is 7.34. The Labute approximate surface area is 282 Å². The first-order valence-corrected chi connectivity index (χ1v) is 13.5. The van der Waals surface area contributed by atoms with Crippen LogP contribution >= 0.6 is 35.3 Å². The van der Waals surface area contributed by atoms with Crippen LogP contribution in [0.3, 0.4) is 0 Å². The molecule has 5 unspecified atom stereocenters. The molecule has 0 spiro atoms. The normalized spacial score (nSPS) is 30.3. The second-order valence-corrected chi connectivity index (χ2v) is 12.3. The molecule has 3 fully saturated rings. The summed E-state index contributed by atoms with van der Waals surface area (Å²) >= 11 is 5.59. The zero-order chi connectivity index (χ0) is 21.3. The van der Waals surface area contributed by atoms with Crippen LogP contribution in [0.15, 0.2) is 0 Å². The standard InChI is InChI=1S/C8H15OS.C8H15S.C7H11OS.3Y/c1-4-7-5-6(2)8(9-3)10-7;1-4-8-5-6(2)7(3)9-8;1-3-6-4-5(2)7(8)9-6;;;/h7-8H,4-5H2,1-3H3;7-8H,4-5H2,1-3H3;6H,3-4H2,1-2H3;;;/q3*-1;;;. The molecule has 3 rings (SSSR count). The number of hydrogen-bond acceptors (Lipinski definition) is 5. The fraction of sp³-hybridized carbons (Fsp3) is 0.826. The first-order chi connectivity index (χ1) is 13.2. The number of carbonyl (C=O) groups excluding carboxylic acids is 1. The third-order valence-corrected chi connectivity index (χ3v) is 10.5. The van der Waals surface area contributed by atoms with Gasteiger partial charge >= 0.3 is 0 Å². The number of thioether (sulfide) groups is 3. The zero-order valence-electron chi connectivity index (χ0n) is 20.9. The van der Waals surface area contributed by atoms with Gasteiger partial charge in [0.2, 0.25) is 0 Å². The molecule has 3 aliphatic rings. The molecule has 0 N–H and O–H groups in total. The molecule has 3 heterocycles. The molecule has 8 heteroatoms. The third kappa shape index (κ3) is 15.0. The summed E-state index contributed by atoms with van der Waals surface area (Å²) in [5.74, 6) is 4.23. The van der Waals surface area contributed by atoms with Crippen molar-refractivity contribution >= 4 is 40.4 Å². The van der Waals surface area contributed by atoms with E-state index in [4.69, 9.17) is 4.74 Å². The van der Waals surface area contributed by atoms with Crippen molar-refractivity contribution in [2.45, 2.75) is 113 Å². The molecule has 3 saturated heterocycles. The molecule has 5 atom stereocenters. The van der Waals surface area contributed by atoms with Crippen molar-refractivity contribution in [1.82, 2.24) is 0 Å². The van der Waals surface area contributed by atoms with Gasteiger partial charge in [0.25, 0.3) is 0 Å². The molecule has 0 amide bonds. The second-order valence-electron chi connectivity index (χ2n) is 8.06. The van der Waals surface area contributed by atoms with Crippen LogP contribution in [0.4, 0.5) is 0 Å². The summed E-state index contributed by atoms with van der Waals surface area (Å²) in [6.07, 6.45) is 7.35. The summed E-state index contributed by atoms with van der Waals surface area (Å²) in [4.78, 5) is 10.9. The summed E-state index contributed by atoms with van der Waals surface area (Å²) in [5, 5.41) is 3.46. The van der Waals surface area contributed by atoms with Gasteiger partial charge in [-0.2, -0.15) is 57.1 Å². The Kier molecular flexibility index (Phi) is 27.8. The summed E-state index contributed by atoms with van der Waals surface area (Å²) in [5.41, 5.74) is 0.380. The monoisotopic (exact) mass is 712 g/mol. The summed E-state index contributed by atoms with van der Waals surface area (Å²) < 4.78 is 5.28. The van der Waals surface area contributed by atoms with Crippen LogP contribution < -0.4 is 0 Å². The van der Waals surface area contributed by atoms with Gasteiger partial charge in [-0.15, -0.1) is 23.4 Å². The quantitative estimate of drug-likeness (QED) is 0.284. The van der Waals surface area contributed by atoms with Crippen LogP contribution in [-0.4, -0.2) is 38.7 Å². The van der Waals surface area contributed by atoms with E-state index >= 15 is 0 Å². The van der Waals surface area contributed by atoms with Crippen molar-refractivity contribution in [2.24, 2.45) is 0 Å². The van der Waals surface area contributed by atoms with Crippen molar-refractivity contribution in [3.05, 3.63) is 17.8 Å². The number of methoxy groups -OCH3 is 1. The Morgan fingerprint density at radius 2 is 1.32 bits per heavy atom. The number of carbonyl (C=O) groups is 1. The minimum absolute atomic E-state index is 0. The number of ether oxygens (including phenoxy) is 1. The Balaban J connectivity index is -0.000000362. The maximum Gasteiger partial charge on any atom is 0.0571 e. The second kappa shape index (κ2) is 21.9. The van der Waals surface area contributed by atoms with Crippen molar-refractivity contribution in [2.75, 3.05) is 7.11 Å². The maximum atomic E-state index is 10.9. The molecule has 3 radical (unpaired) electrons. The van der Waals surface area contributed by atoms with Gasteiger partial charge in [-0.1, -0.05) is 27.7 Å². The number of rotatable bonds is 4. The van der Waals surface area contributed by atoms with Crippen LogP contribution in [-0.2, 0) is 108 Å². The summed E-state index contributed by atoms with van der Waals surface area (Å²) in [6.45, 7) is 15.4. The van der Waals surface area contributed by atoms with E-state index in [1.807, 2.05) is 18.7 Å². The van der Waals surface area contributed by atoms with Crippen molar-refractivity contribution < 1.29 is 108 Å². The smallest absolute Gasteiger partial charge is 0.0571 e. The molecule has 0 saturated carbocycles. The summed E-state index contributed by atoms with van der Waals surface area (Å²) in [6, 6.07) is 0. The Bertz CT molecular complexity index is 450. The van der Waals surface area contributed by atoms with E-state index in [0.717, 1.165) is 34.5 Å². The van der Waals surface area contributed by atoms with Gasteiger partial charge in [-0.05, 0) is 40.4 Å². The van der Waals surface area contributed by atoms with Gasteiger partial charge in [-0.25, -0.2) is 0 Å². The fourth-order valence-electron chi connectivity index (χ4n) is 3.46. The molecule has 2 nitrogen and oxygen atoms in total. The molecule has 0 bridgehead atoms.